The third-order valence-corrected chi connectivity index (χ3v) is 5.17. The maximum Gasteiger partial charge on any atom is 0.319 e. The lowest BCUT2D eigenvalue weighted by Crippen LogP contribution is -2.30. The van der Waals surface area contributed by atoms with E-state index in [2.05, 4.69) is 59.3 Å². The molecule has 0 aliphatic heterocycles. The van der Waals surface area contributed by atoms with Crippen LogP contribution in [0.1, 0.15) is 55.0 Å². The summed E-state index contributed by atoms with van der Waals surface area (Å²) in [5.41, 5.74) is 4.97. The van der Waals surface area contributed by atoms with Crippen LogP contribution in [0.5, 0.6) is 0 Å². The van der Waals surface area contributed by atoms with Crippen LogP contribution in [0.2, 0.25) is 0 Å². The number of urea groups is 1. The van der Waals surface area contributed by atoms with Crippen molar-refractivity contribution in [1.29, 1.82) is 0 Å². The molecule has 25 heavy (non-hydrogen) atoms. The van der Waals surface area contributed by atoms with E-state index in [4.69, 9.17) is 0 Å². The summed E-state index contributed by atoms with van der Waals surface area (Å²) in [5, 5.41) is 9.58. The molecule has 1 fully saturated rings. The zero-order chi connectivity index (χ0) is 17.2. The van der Waals surface area contributed by atoms with E-state index in [1.807, 2.05) is 12.1 Å². The molecule has 0 bridgehead atoms. The summed E-state index contributed by atoms with van der Waals surface area (Å²) in [4.78, 5) is 11.8. The van der Waals surface area contributed by atoms with Gasteiger partial charge in [0.1, 0.15) is 0 Å². The van der Waals surface area contributed by atoms with E-state index in [0.29, 0.717) is 12.1 Å². The van der Waals surface area contributed by atoms with Crippen LogP contribution in [0.3, 0.4) is 0 Å². The van der Waals surface area contributed by atoms with Gasteiger partial charge in [-0.15, -0.1) is 0 Å². The Morgan fingerprint density at radius 2 is 1.80 bits per heavy atom. The normalized spacial score (nSPS) is 20.0. The van der Waals surface area contributed by atoms with Crippen LogP contribution in [0, 0.1) is 0 Å². The molecular weight excluding hydrogens is 310 g/mol. The smallest absolute Gasteiger partial charge is 0.319 e. The van der Waals surface area contributed by atoms with E-state index >= 15 is 0 Å². The molecule has 0 heterocycles. The second-order valence-corrected chi connectivity index (χ2v) is 7.17. The topological polar surface area (TPSA) is 53.2 Å². The third kappa shape index (κ3) is 3.85. The Labute approximate surface area is 149 Å². The molecular formula is C21H25N3O. The van der Waals surface area contributed by atoms with Crippen molar-refractivity contribution in [2.24, 2.45) is 0 Å². The molecule has 0 unspecified atom stereocenters. The third-order valence-electron chi connectivity index (χ3n) is 5.17. The SMILES string of the molecule is C[C@H](N[C@@H]1CCc2ccccc21)c1ccc(NC(=O)NC2CC2)cc1. The lowest BCUT2D eigenvalue weighted by atomic mass is 10.0. The second-order valence-electron chi connectivity index (χ2n) is 7.17. The van der Waals surface area contributed by atoms with Gasteiger partial charge in [0.25, 0.3) is 0 Å². The van der Waals surface area contributed by atoms with Crippen LogP contribution in [-0.2, 0) is 6.42 Å². The quantitative estimate of drug-likeness (QED) is 0.763. The summed E-state index contributed by atoms with van der Waals surface area (Å²) < 4.78 is 0. The average Bonchev–Trinajstić information content (AvgIpc) is 3.34. The molecule has 2 aromatic rings. The highest BCUT2D eigenvalue weighted by Gasteiger charge is 2.24. The largest absolute Gasteiger partial charge is 0.335 e. The van der Waals surface area contributed by atoms with Gasteiger partial charge in [-0.2, -0.15) is 0 Å². The minimum Gasteiger partial charge on any atom is -0.335 e. The Bertz CT molecular complexity index is 752. The predicted octanol–water partition coefficient (Wildman–Crippen LogP) is 4.31. The lowest BCUT2D eigenvalue weighted by Gasteiger charge is -2.21. The van der Waals surface area contributed by atoms with E-state index in [0.717, 1.165) is 31.4 Å². The number of anilines is 1. The molecule has 1 saturated carbocycles. The minimum absolute atomic E-state index is 0.107. The van der Waals surface area contributed by atoms with Crippen molar-refractivity contribution >= 4 is 11.7 Å². The molecule has 2 atom stereocenters. The fourth-order valence-corrected chi connectivity index (χ4v) is 3.56. The number of hydrogen-bond donors (Lipinski definition) is 3. The van der Waals surface area contributed by atoms with Gasteiger partial charge in [-0.05, 0) is 61.4 Å². The first kappa shape index (κ1) is 16.2. The molecule has 2 amide bonds. The van der Waals surface area contributed by atoms with Crippen molar-refractivity contribution in [3.63, 3.8) is 0 Å². The zero-order valence-corrected chi connectivity index (χ0v) is 14.6. The standard InChI is InChI=1S/C21H25N3O/c1-14(22-20-13-8-16-4-2-3-5-19(16)20)15-6-9-17(10-7-15)23-21(25)24-18-11-12-18/h2-7,9-10,14,18,20,22H,8,11-13H2,1H3,(H2,23,24,25)/t14-,20+/m0/s1. The number of benzene rings is 2. The van der Waals surface area contributed by atoms with E-state index in [1.54, 1.807) is 0 Å². The average molecular weight is 335 g/mol. The highest BCUT2D eigenvalue weighted by atomic mass is 16.2. The van der Waals surface area contributed by atoms with Gasteiger partial charge in [0, 0.05) is 23.8 Å². The van der Waals surface area contributed by atoms with E-state index in [9.17, 15) is 4.79 Å². The molecule has 0 saturated heterocycles. The number of carbonyl (C=O) groups excluding carboxylic acids is 1. The predicted molar refractivity (Wildman–Crippen MR) is 101 cm³/mol. The lowest BCUT2D eigenvalue weighted by molar-refractivity contribution is 0.251. The van der Waals surface area contributed by atoms with Gasteiger partial charge in [-0.3, -0.25) is 0 Å². The summed E-state index contributed by atoms with van der Waals surface area (Å²) in [7, 11) is 0. The van der Waals surface area contributed by atoms with E-state index in [-0.39, 0.29) is 12.1 Å². The summed E-state index contributed by atoms with van der Waals surface area (Å²) >= 11 is 0. The van der Waals surface area contributed by atoms with E-state index in [1.165, 1.54) is 16.7 Å². The summed E-state index contributed by atoms with van der Waals surface area (Å²) in [6.45, 7) is 2.20. The Hall–Kier alpha value is -2.33. The Kier molecular flexibility index (Phi) is 4.45. The fourth-order valence-electron chi connectivity index (χ4n) is 3.56. The van der Waals surface area contributed by atoms with Gasteiger partial charge >= 0.3 is 6.03 Å². The molecule has 2 aromatic carbocycles. The Balaban J connectivity index is 1.36. The van der Waals surface area contributed by atoms with Crippen molar-refractivity contribution in [2.75, 3.05) is 5.32 Å². The minimum atomic E-state index is -0.107. The molecule has 0 aromatic heterocycles. The first-order valence-corrected chi connectivity index (χ1v) is 9.20. The van der Waals surface area contributed by atoms with Crippen molar-refractivity contribution in [3.05, 3.63) is 65.2 Å². The summed E-state index contributed by atoms with van der Waals surface area (Å²) in [6, 6.07) is 17.8. The van der Waals surface area contributed by atoms with Crippen LogP contribution in [0.15, 0.2) is 48.5 Å². The van der Waals surface area contributed by atoms with Gasteiger partial charge in [0.15, 0.2) is 0 Å². The fraction of sp³-hybridized carbons (Fsp3) is 0.381. The number of carbonyl (C=O) groups is 1. The van der Waals surface area contributed by atoms with Gasteiger partial charge in [0.05, 0.1) is 0 Å². The van der Waals surface area contributed by atoms with Crippen LogP contribution < -0.4 is 16.0 Å². The first-order chi connectivity index (χ1) is 12.2. The molecule has 3 N–H and O–H groups in total. The summed E-state index contributed by atoms with van der Waals surface area (Å²) in [5.74, 6) is 0. The van der Waals surface area contributed by atoms with Crippen molar-refractivity contribution in [1.82, 2.24) is 10.6 Å². The summed E-state index contributed by atoms with van der Waals surface area (Å²) in [6.07, 6.45) is 4.50. The Morgan fingerprint density at radius 3 is 2.56 bits per heavy atom. The molecule has 130 valence electrons. The van der Waals surface area contributed by atoms with Gasteiger partial charge in [-0.1, -0.05) is 36.4 Å². The van der Waals surface area contributed by atoms with Crippen LogP contribution in [0.25, 0.3) is 0 Å². The zero-order valence-electron chi connectivity index (χ0n) is 14.6. The van der Waals surface area contributed by atoms with Gasteiger partial charge < -0.3 is 16.0 Å². The Morgan fingerprint density at radius 1 is 1.04 bits per heavy atom. The molecule has 0 spiro atoms. The van der Waals surface area contributed by atoms with Crippen LogP contribution >= 0.6 is 0 Å². The second kappa shape index (κ2) is 6.89. The molecule has 2 aliphatic carbocycles. The monoisotopic (exact) mass is 335 g/mol. The van der Waals surface area contributed by atoms with Crippen molar-refractivity contribution in [2.45, 2.75) is 50.7 Å². The molecule has 4 rings (SSSR count). The number of fused-ring (bicyclic) bond motifs is 1. The molecule has 4 heteroatoms. The molecule has 0 radical (unpaired) electrons. The van der Waals surface area contributed by atoms with Crippen LogP contribution in [0.4, 0.5) is 10.5 Å². The number of hydrogen-bond acceptors (Lipinski definition) is 2. The maximum atomic E-state index is 11.8. The number of rotatable bonds is 5. The molecule has 4 nitrogen and oxygen atoms in total. The highest BCUT2D eigenvalue weighted by molar-refractivity contribution is 5.89. The van der Waals surface area contributed by atoms with E-state index < -0.39 is 0 Å². The van der Waals surface area contributed by atoms with Crippen molar-refractivity contribution in [3.8, 4) is 0 Å². The first-order valence-electron chi connectivity index (χ1n) is 9.20. The number of aryl methyl sites for hydroxylation is 1. The van der Waals surface area contributed by atoms with Crippen LogP contribution in [-0.4, -0.2) is 12.1 Å². The molecule has 2 aliphatic rings. The maximum absolute atomic E-state index is 11.8. The van der Waals surface area contributed by atoms with Gasteiger partial charge in [0.2, 0.25) is 0 Å². The van der Waals surface area contributed by atoms with Crippen molar-refractivity contribution < 1.29 is 4.79 Å². The number of amides is 2. The highest BCUT2D eigenvalue weighted by Crippen LogP contribution is 2.32. The number of nitrogens with one attached hydrogen (secondary N) is 3. The van der Waals surface area contributed by atoms with Gasteiger partial charge in [-0.25, -0.2) is 4.79 Å².